The van der Waals surface area contributed by atoms with Crippen molar-refractivity contribution in [3.8, 4) is 17.2 Å². The Hall–Kier alpha value is -3.26. The molecule has 2 aromatic rings. The molecule has 5 unspecified atom stereocenters. The zero-order valence-electron chi connectivity index (χ0n) is 22.0. The number of amides is 2. The maximum atomic E-state index is 12.6. The molecule has 8 nitrogen and oxygen atoms in total. The van der Waals surface area contributed by atoms with Crippen LogP contribution >= 0.6 is 0 Å². The Morgan fingerprint density at radius 1 is 1.22 bits per heavy atom. The third-order valence-electron chi connectivity index (χ3n) is 8.97. The number of primary amides is 1. The molecule has 0 bridgehead atoms. The summed E-state index contributed by atoms with van der Waals surface area (Å²) in [6.07, 6.45) is 4.26. The number of aryl methyl sites for hydroxylation is 1. The lowest BCUT2D eigenvalue weighted by atomic mass is 9.54. The van der Waals surface area contributed by atoms with Crippen molar-refractivity contribution in [1.82, 2.24) is 0 Å². The normalized spacial score (nSPS) is 25.5. The quantitative estimate of drug-likeness (QED) is 0.380. The van der Waals surface area contributed by atoms with E-state index in [1.165, 1.54) is 30.4 Å². The van der Waals surface area contributed by atoms with E-state index >= 15 is 0 Å². The number of anilines is 1. The smallest absolute Gasteiger partial charge is 0.256 e. The Labute approximate surface area is 218 Å². The second kappa shape index (κ2) is 10.6. The lowest BCUT2D eigenvalue weighted by molar-refractivity contribution is -0.120. The summed E-state index contributed by atoms with van der Waals surface area (Å²) in [4.78, 5) is 24.3. The number of methoxy groups -OCH3 is 1. The Bertz CT molecular complexity index is 1180. The van der Waals surface area contributed by atoms with Crippen LogP contribution in [0.2, 0.25) is 0 Å². The van der Waals surface area contributed by atoms with Crippen LogP contribution in [0.1, 0.15) is 73.9 Å². The summed E-state index contributed by atoms with van der Waals surface area (Å²) < 4.78 is 11.3. The highest BCUT2D eigenvalue weighted by Crippen LogP contribution is 2.56. The molecular weight excluding hydrogens is 472 g/mol. The van der Waals surface area contributed by atoms with Crippen molar-refractivity contribution in [3.63, 3.8) is 0 Å². The van der Waals surface area contributed by atoms with Crippen molar-refractivity contribution in [2.75, 3.05) is 19.0 Å². The molecule has 0 radical (unpaired) electrons. The van der Waals surface area contributed by atoms with Gasteiger partial charge in [0.25, 0.3) is 5.91 Å². The first-order chi connectivity index (χ1) is 17.6. The summed E-state index contributed by atoms with van der Waals surface area (Å²) in [6.45, 7) is 6.96. The molecule has 5 N–H and O–H groups in total. The molecule has 8 heteroatoms. The standard InChI is InChI=1S/C29H38N2O6/c1-16-20-7-5-18-15-19(32)6-8-21(18)22(20)11-13-29(16,3)17(2)37-14-12-25(33)31-23-9-10-24(36-4)26(27(23)34)28(30)35/h6,8-10,15-17,20,22,32,34H,5,7,11-14H2,1-4H3,(H2,30,35)(H,31,33). The minimum absolute atomic E-state index is 0.0172. The predicted molar refractivity (Wildman–Crippen MR) is 141 cm³/mol. The third kappa shape index (κ3) is 5.12. The molecule has 0 aliphatic heterocycles. The maximum Gasteiger partial charge on any atom is 0.256 e. The fourth-order valence-corrected chi connectivity index (χ4v) is 6.46. The van der Waals surface area contributed by atoms with Crippen molar-refractivity contribution in [2.45, 2.75) is 64.9 Å². The number of fused-ring (bicyclic) bond motifs is 3. The molecule has 1 saturated carbocycles. The number of carbonyl (C=O) groups excluding carboxylic acids is 2. The highest BCUT2D eigenvalue weighted by atomic mass is 16.5. The van der Waals surface area contributed by atoms with E-state index < -0.39 is 11.7 Å². The topological polar surface area (TPSA) is 131 Å². The molecule has 0 heterocycles. The molecular formula is C29H38N2O6. The van der Waals surface area contributed by atoms with Gasteiger partial charge in [-0.15, -0.1) is 0 Å². The Morgan fingerprint density at radius 3 is 2.68 bits per heavy atom. The average Bonchev–Trinajstić information content (AvgIpc) is 2.86. The number of ether oxygens (including phenoxy) is 2. The van der Waals surface area contributed by atoms with E-state index in [2.05, 4.69) is 32.2 Å². The highest BCUT2D eigenvalue weighted by molar-refractivity contribution is 6.02. The van der Waals surface area contributed by atoms with Gasteiger partial charge in [0.2, 0.25) is 5.91 Å². The molecule has 2 aliphatic rings. The van der Waals surface area contributed by atoms with Crippen molar-refractivity contribution in [1.29, 1.82) is 0 Å². The molecule has 2 aliphatic carbocycles. The first-order valence-corrected chi connectivity index (χ1v) is 13.0. The fraction of sp³-hybridized carbons (Fsp3) is 0.517. The summed E-state index contributed by atoms with van der Waals surface area (Å²) in [5.74, 6) is 0.383. The van der Waals surface area contributed by atoms with Crippen LogP contribution in [0.4, 0.5) is 5.69 Å². The van der Waals surface area contributed by atoms with Gasteiger partial charge < -0.3 is 30.7 Å². The molecule has 2 amide bonds. The predicted octanol–water partition coefficient (Wildman–Crippen LogP) is 4.72. The largest absolute Gasteiger partial charge is 0.508 e. The van der Waals surface area contributed by atoms with Crippen LogP contribution in [0.5, 0.6) is 17.2 Å². The number of phenolic OH excluding ortho intramolecular Hbond substituents is 1. The van der Waals surface area contributed by atoms with Gasteiger partial charge in [-0.2, -0.15) is 0 Å². The number of carbonyl (C=O) groups is 2. The average molecular weight is 511 g/mol. The van der Waals surface area contributed by atoms with Gasteiger partial charge in [0.1, 0.15) is 17.1 Å². The highest BCUT2D eigenvalue weighted by Gasteiger charge is 2.48. The molecule has 1 fully saturated rings. The minimum Gasteiger partial charge on any atom is -0.508 e. The summed E-state index contributed by atoms with van der Waals surface area (Å²) in [5.41, 5.74) is 7.91. The first kappa shape index (κ1) is 26.8. The number of hydrogen-bond acceptors (Lipinski definition) is 6. The van der Waals surface area contributed by atoms with Crippen LogP contribution in [0.15, 0.2) is 30.3 Å². The number of benzene rings is 2. The van der Waals surface area contributed by atoms with Gasteiger partial charge in [-0.3, -0.25) is 9.59 Å². The SMILES string of the molecule is COc1ccc(NC(=O)CCOC(C)C2(C)CCC3c4ccc(O)cc4CCC3C2C)c(O)c1C(N)=O. The molecule has 5 atom stereocenters. The van der Waals surface area contributed by atoms with Crippen molar-refractivity contribution in [3.05, 3.63) is 47.0 Å². The Balaban J connectivity index is 1.34. The van der Waals surface area contributed by atoms with Gasteiger partial charge in [0, 0.05) is 0 Å². The van der Waals surface area contributed by atoms with Crippen LogP contribution < -0.4 is 15.8 Å². The number of rotatable bonds is 8. The Kier molecular flexibility index (Phi) is 7.69. The fourth-order valence-electron chi connectivity index (χ4n) is 6.46. The van der Waals surface area contributed by atoms with Gasteiger partial charge in [-0.05, 0) is 91.2 Å². The van der Waals surface area contributed by atoms with Crippen LogP contribution in [-0.4, -0.2) is 41.8 Å². The number of nitrogens with two attached hydrogens (primary N) is 1. The minimum atomic E-state index is -0.848. The number of phenols is 2. The van der Waals surface area contributed by atoms with Crippen molar-refractivity contribution < 1.29 is 29.3 Å². The van der Waals surface area contributed by atoms with Gasteiger partial charge in [-0.1, -0.05) is 19.9 Å². The van der Waals surface area contributed by atoms with Crippen LogP contribution in [0.25, 0.3) is 0 Å². The van der Waals surface area contributed by atoms with Gasteiger partial charge in [-0.25, -0.2) is 0 Å². The van der Waals surface area contributed by atoms with Crippen molar-refractivity contribution >= 4 is 17.5 Å². The van der Waals surface area contributed by atoms with Gasteiger partial charge in [0.05, 0.1) is 31.9 Å². The van der Waals surface area contributed by atoms with Crippen LogP contribution in [0, 0.1) is 17.3 Å². The third-order valence-corrected chi connectivity index (χ3v) is 8.97. The monoisotopic (exact) mass is 510 g/mol. The van der Waals surface area contributed by atoms with E-state index in [9.17, 15) is 19.8 Å². The zero-order valence-corrected chi connectivity index (χ0v) is 22.0. The summed E-state index contributed by atoms with van der Waals surface area (Å²) >= 11 is 0. The van der Waals surface area contributed by atoms with Crippen LogP contribution in [-0.2, 0) is 16.0 Å². The number of aromatic hydroxyl groups is 2. The summed E-state index contributed by atoms with van der Waals surface area (Å²) in [5, 5.41) is 22.9. The van der Waals surface area contributed by atoms with Gasteiger partial charge >= 0.3 is 0 Å². The maximum absolute atomic E-state index is 12.6. The van der Waals surface area contributed by atoms with E-state index in [-0.39, 0.29) is 47.5 Å². The van der Waals surface area contributed by atoms with E-state index in [1.807, 2.05) is 6.07 Å². The zero-order chi connectivity index (χ0) is 26.9. The number of nitrogens with one attached hydrogen (secondary N) is 1. The van der Waals surface area contributed by atoms with E-state index in [0.29, 0.717) is 23.5 Å². The van der Waals surface area contributed by atoms with Gasteiger partial charge in [0.15, 0.2) is 5.75 Å². The molecule has 37 heavy (non-hydrogen) atoms. The lowest BCUT2D eigenvalue weighted by Crippen LogP contribution is -2.47. The molecule has 0 spiro atoms. The molecule has 200 valence electrons. The second-order valence-electron chi connectivity index (χ2n) is 10.7. The summed E-state index contributed by atoms with van der Waals surface area (Å²) in [6, 6.07) is 8.76. The lowest BCUT2D eigenvalue weighted by Gasteiger charge is -2.53. The summed E-state index contributed by atoms with van der Waals surface area (Å²) in [7, 11) is 1.37. The van der Waals surface area contributed by atoms with Crippen molar-refractivity contribution in [2.24, 2.45) is 23.0 Å². The Morgan fingerprint density at radius 2 is 1.97 bits per heavy atom. The van der Waals surface area contributed by atoms with E-state index in [1.54, 1.807) is 6.07 Å². The van der Waals surface area contributed by atoms with Crippen LogP contribution in [0.3, 0.4) is 0 Å². The molecule has 0 aromatic heterocycles. The van der Waals surface area contributed by atoms with E-state index in [0.717, 1.165) is 25.7 Å². The molecule has 4 rings (SSSR count). The first-order valence-electron chi connectivity index (χ1n) is 13.0. The molecule has 0 saturated heterocycles. The molecule has 2 aromatic carbocycles. The number of hydrogen-bond donors (Lipinski definition) is 4. The van der Waals surface area contributed by atoms with E-state index in [4.69, 9.17) is 15.2 Å². The second-order valence-corrected chi connectivity index (χ2v) is 10.7.